The summed E-state index contributed by atoms with van der Waals surface area (Å²) < 4.78 is 11.4. The Labute approximate surface area is 185 Å². The third-order valence-electron chi connectivity index (χ3n) is 4.66. The van der Waals surface area contributed by atoms with Crippen LogP contribution in [0.3, 0.4) is 0 Å². The summed E-state index contributed by atoms with van der Waals surface area (Å²) in [6.07, 6.45) is 0. The average molecular weight is 427 g/mol. The first-order valence-corrected chi connectivity index (χ1v) is 10.8. The van der Waals surface area contributed by atoms with Crippen molar-refractivity contribution in [2.75, 3.05) is 26.8 Å². The van der Waals surface area contributed by atoms with E-state index >= 15 is 0 Å². The van der Waals surface area contributed by atoms with E-state index in [2.05, 4.69) is 27.9 Å². The molecule has 2 aromatic carbocycles. The molecule has 1 unspecified atom stereocenters. The molecule has 0 saturated heterocycles. The van der Waals surface area contributed by atoms with Crippen molar-refractivity contribution >= 4 is 11.9 Å². The smallest absolute Gasteiger partial charge is 0.251 e. The van der Waals surface area contributed by atoms with Crippen molar-refractivity contribution in [3.63, 3.8) is 0 Å². The largest absolute Gasteiger partial charge is 0.490 e. The summed E-state index contributed by atoms with van der Waals surface area (Å²) in [6.45, 7) is 10.3. The van der Waals surface area contributed by atoms with Crippen LogP contribution in [0.4, 0.5) is 0 Å². The Bertz CT molecular complexity index is 866. The van der Waals surface area contributed by atoms with Gasteiger partial charge in [0.15, 0.2) is 17.5 Å². The molecule has 0 spiro atoms. The lowest BCUT2D eigenvalue weighted by Gasteiger charge is -2.20. The number of benzene rings is 2. The summed E-state index contributed by atoms with van der Waals surface area (Å²) in [5.41, 5.74) is 2.78. The number of aliphatic imine (C=N–C) groups is 1. The number of carbonyl (C=O) groups is 1. The number of rotatable bonds is 10. The van der Waals surface area contributed by atoms with E-state index in [-0.39, 0.29) is 11.9 Å². The van der Waals surface area contributed by atoms with Crippen LogP contribution in [0.1, 0.15) is 55.2 Å². The Kier molecular flexibility index (Phi) is 9.68. The molecule has 2 aromatic rings. The van der Waals surface area contributed by atoms with Crippen molar-refractivity contribution in [1.82, 2.24) is 16.0 Å². The lowest BCUT2D eigenvalue weighted by atomic mass is 10.1. The zero-order valence-corrected chi connectivity index (χ0v) is 19.1. The summed E-state index contributed by atoms with van der Waals surface area (Å²) in [6, 6.07) is 13.5. The van der Waals surface area contributed by atoms with Gasteiger partial charge in [0.1, 0.15) is 0 Å². The summed E-state index contributed by atoms with van der Waals surface area (Å²) in [7, 11) is 1.74. The molecule has 7 heteroatoms. The molecule has 2 rings (SSSR count). The van der Waals surface area contributed by atoms with E-state index in [1.807, 2.05) is 63.2 Å². The maximum atomic E-state index is 11.9. The van der Waals surface area contributed by atoms with Crippen LogP contribution in [0, 0.1) is 0 Å². The van der Waals surface area contributed by atoms with E-state index in [4.69, 9.17) is 9.47 Å². The van der Waals surface area contributed by atoms with Crippen LogP contribution < -0.4 is 25.4 Å². The van der Waals surface area contributed by atoms with Gasteiger partial charge in [-0.2, -0.15) is 0 Å². The van der Waals surface area contributed by atoms with Gasteiger partial charge in [-0.05, 0) is 63.1 Å². The monoisotopic (exact) mass is 426 g/mol. The minimum atomic E-state index is -0.0601. The highest BCUT2D eigenvalue weighted by Gasteiger charge is 2.12. The highest BCUT2D eigenvalue weighted by atomic mass is 16.5. The SMILES string of the molecule is CCNC(=O)c1ccc(CNC(=NC)NC(C)c2ccc(OCC)c(OCC)c2)cc1. The van der Waals surface area contributed by atoms with Gasteiger partial charge in [-0.15, -0.1) is 0 Å². The standard InChI is InChI=1S/C24H34N4O3/c1-6-26-23(29)19-11-9-18(10-12-19)16-27-24(25-5)28-17(4)20-13-14-21(30-7-2)22(15-20)31-8-3/h9-15,17H,6-8,16H2,1-5H3,(H,26,29)(H2,25,27,28). The number of carbonyl (C=O) groups excluding carboxylic acids is 1. The Morgan fingerprint density at radius 1 is 0.968 bits per heavy atom. The van der Waals surface area contributed by atoms with Gasteiger partial charge in [0, 0.05) is 25.7 Å². The Balaban J connectivity index is 1.98. The summed E-state index contributed by atoms with van der Waals surface area (Å²) in [5, 5.41) is 9.51. The summed E-state index contributed by atoms with van der Waals surface area (Å²) in [4.78, 5) is 16.2. The van der Waals surface area contributed by atoms with Crippen molar-refractivity contribution in [3.8, 4) is 11.5 Å². The normalized spacial score (nSPS) is 12.1. The highest BCUT2D eigenvalue weighted by molar-refractivity contribution is 5.94. The van der Waals surface area contributed by atoms with E-state index in [0.717, 1.165) is 22.6 Å². The fourth-order valence-corrected chi connectivity index (χ4v) is 3.04. The van der Waals surface area contributed by atoms with Gasteiger partial charge in [0.2, 0.25) is 0 Å². The molecule has 3 N–H and O–H groups in total. The Morgan fingerprint density at radius 2 is 1.65 bits per heavy atom. The van der Waals surface area contributed by atoms with Crippen molar-refractivity contribution in [2.24, 2.45) is 4.99 Å². The maximum absolute atomic E-state index is 11.9. The molecule has 0 radical (unpaired) electrons. The molecule has 0 aromatic heterocycles. The van der Waals surface area contributed by atoms with Crippen LogP contribution in [-0.2, 0) is 6.54 Å². The van der Waals surface area contributed by atoms with E-state index < -0.39 is 0 Å². The maximum Gasteiger partial charge on any atom is 0.251 e. The van der Waals surface area contributed by atoms with Gasteiger partial charge in [-0.3, -0.25) is 9.79 Å². The van der Waals surface area contributed by atoms with Gasteiger partial charge in [-0.25, -0.2) is 0 Å². The molecule has 1 atom stereocenters. The molecular weight excluding hydrogens is 392 g/mol. The molecule has 168 valence electrons. The molecule has 0 heterocycles. The van der Waals surface area contributed by atoms with Crippen molar-refractivity contribution in [3.05, 3.63) is 59.2 Å². The molecule has 0 aliphatic carbocycles. The first kappa shape index (κ1) is 24.1. The molecule has 31 heavy (non-hydrogen) atoms. The van der Waals surface area contributed by atoms with Crippen LogP contribution in [0.2, 0.25) is 0 Å². The predicted octanol–water partition coefficient (Wildman–Crippen LogP) is 3.66. The van der Waals surface area contributed by atoms with Crippen LogP contribution in [0.15, 0.2) is 47.5 Å². The van der Waals surface area contributed by atoms with Crippen LogP contribution in [0.25, 0.3) is 0 Å². The van der Waals surface area contributed by atoms with Gasteiger partial charge in [0.05, 0.1) is 19.3 Å². The third-order valence-corrected chi connectivity index (χ3v) is 4.66. The molecular formula is C24H34N4O3. The molecule has 0 saturated carbocycles. The first-order chi connectivity index (χ1) is 15.0. The van der Waals surface area contributed by atoms with E-state index in [1.54, 1.807) is 7.05 Å². The minimum absolute atomic E-state index is 0.0150. The zero-order chi connectivity index (χ0) is 22.6. The van der Waals surface area contributed by atoms with E-state index in [1.165, 1.54) is 0 Å². The van der Waals surface area contributed by atoms with Gasteiger partial charge >= 0.3 is 0 Å². The van der Waals surface area contributed by atoms with E-state index in [9.17, 15) is 4.79 Å². The number of hydrogen-bond acceptors (Lipinski definition) is 4. The third kappa shape index (κ3) is 7.20. The molecule has 0 fully saturated rings. The quantitative estimate of drug-likeness (QED) is 0.399. The second kappa shape index (κ2) is 12.5. The Morgan fingerprint density at radius 3 is 2.26 bits per heavy atom. The number of nitrogens with zero attached hydrogens (tertiary/aromatic N) is 1. The van der Waals surface area contributed by atoms with Crippen LogP contribution in [-0.4, -0.2) is 38.7 Å². The van der Waals surface area contributed by atoms with Gasteiger partial charge < -0.3 is 25.4 Å². The van der Waals surface area contributed by atoms with Gasteiger partial charge in [0.25, 0.3) is 5.91 Å². The summed E-state index contributed by atoms with van der Waals surface area (Å²) >= 11 is 0. The average Bonchev–Trinajstić information content (AvgIpc) is 2.78. The van der Waals surface area contributed by atoms with Crippen LogP contribution in [0.5, 0.6) is 11.5 Å². The number of amides is 1. The topological polar surface area (TPSA) is 84.0 Å². The van der Waals surface area contributed by atoms with Crippen molar-refractivity contribution < 1.29 is 14.3 Å². The fourth-order valence-electron chi connectivity index (χ4n) is 3.04. The second-order valence-electron chi connectivity index (χ2n) is 6.92. The first-order valence-electron chi connectivity index (χ1n) is 10.8. The predicted molar refractivity (Wildman–Crippen MR) is 125 cm³/mol. The van der Waals surface area contributed by atoms with E-state index in [0.29, 0.717) is 37.8 Å². The molecule has 7 nitrogen and oxygen atoms in total. The molecule has 0 aliphatic heterocycles. The lowest BCUT2D eigenvalue weighted by molar-refractivity contribution is 0.0956. The fraction of sp³-hybridized carbons (Fsp3) is 0.417. The second-order valence-corrected chi connectivity index (χ2v) is 6.92. The molecule has 1 amide bonds. The number of guanidine groups is 1. The van der Waals surface area contributed by atoms with Gasteiger partial charge in [-0.1, -0.05) is 18.2 Å². The van der Waals surface area contributed by atoms with Crippen LogP contribution >= 0.6 is 0 Å². The summed E-state index contributed by atoms with van der Waals surface area (Å²) in [5.74, 6) is 2.12. The number of nitrogens with one attached hydrogen (secondary N) is 3. The zero-order valence-electron chi connectivity index (χ0n) is 19.1. The number of ether oxygens (including phenoxy) is 2. The minimum Gasteiger partial charge on any atom is -0.490 e. The van der Waals surface area contributed by atoms with Crippen molar-refractivity contribution in [1.29, 1.82) is 0 Å². The Hall–Kier alpha value is -3.22. The molecule has 0 aliphatic rings. The van der Waals surface area contributed by atoms with Crippen molar-refractivity contribution in [2.45, 2.75) is 40.3 Å². The number of hydrogen-bond donors (Lipinski definition) is 3. The molecule has 0 bridgehead atoms. The lowest BCUT2D eigenvalue weighted by Crippen LogP contribution is -2.38. The highest BCUT2D eigenvalue weighted by Crippen LogP contribution is 2.30.